The molecule has 0 aliphatic carbocycles. The van der Waals surface area contributed by atoms with Crippen LogP contribution in [0.15, 0.2) is 48.5 Å². The Morgan fingerprint density at radius 3 is 2.42 bits per heavy atom. The van der Waals surface area contributed by atoms with Crippen molar-refractivity contribution in [1.82, 2.24) is 10.6 Å². The molecule has 2 N–H and O–H groups in total. The van der Waals surface area contributed by atoms with Crippen LogP contribution in [-0.4, -0.2) is 31.7 Å². The van der Waals surface area contributed by atoms with Gasteiger partial charge in [-0.05, 0) is 34.9 Å². The van der Waals surface area contributed by atoms with Gasteiger partial charge < -0.3 is 15.4 Å². The van der Waals surface area contributed by atoms with Crippen LogP contribution in [0.5, 0.6) is 0 Å². The number of ether oxygens (including phenoxy) is 1. The predicted octanol–water partition coefficient (Wildman–Crippen LogP) is 2.98. The molecule has 2 aromatic rings. The number of hydrogen-bond acceptors (Lipinski definition) is 3. The highest BCUT2D eigenvalue weighted by atomic mass is 19.4. The van der Waals surface area contributed by atoms with E-state index in [0.717, 1.165) is 23.3 Å². The van der Waals surface area contributed by atoms with E-state index < -0.39 is 11.7 Å². The Morgan fingerprint density at radius 2 is 1.81 bits per heavy atom. The first-order valence-electron chi connectivity index (χ1n) is 8.26. The summed E-state index contributed by atoms with van der Waals surface area (Å²) in [6.07, 6.45) is -4.34. The monoisotopic (exact) mass is 364 g/mol. The van der Waals surface area contributed by atoms with Crippen LogP contribution in [0, 0.1) is 0 Å². The maximum absolute atomic E-state index is 12.6. The van der Waals surface area contributed by atoms with Crippen LogP contribution in [0.25, 0.3) is 11.1 Å². The summed E-state index contributed by atoms with van der Waals surface area (Å²) in [5.74, 6) is -0.114. The zero-order chi connectivity index (χ0) is 18.6. The Kier molecular flexibility index (Phi) is 5.58. The molecule has 1 amide bonds. The van der Waals surface area contributed by atoms with E-state index in [9.17, 15) is 18.0 Å². The summed E-state index contributed by atoms with van der Waals surface area (Å²) in [7, 11) is 0. The fourth-order valence-electron chi connectivity index (χ4n) is 2.57. The van der Waals surface area contributed by atoms with Crippen molar-refractivity contribution < 1.29 is 22.7 Å². The van der Waals surface area contributed by atoms with E-state index in [4.69, 9.17) is 4.74 Å². The van der Waals surface area contributed by atoms with Crippen molar-refractivity contribution in [2.24, 2.45) is 0 Å². The summed E-state index contributed by atoms with van der Waals surface area (Å²) in [5, 5.41) is 5.90. The van der Waals surface area contributed by atoms with Crippen molar-refractivity contribution in [3.63, 3.8) is 0 Å². The highest BCUT2D eigenvalue weighted by Crippen LogP contribution is 2.31. The van der Waals surface area contributed by atoms with E-state index >= 15 is 0 Å². The van der Waals surface area contributed by atoms with Crippen molar-refractivity contribution in [2.75, 3.05) is 19.8 Å². The maximum atomic E-state index is 12.6. The molecule has 7 heteroatoms. The van der Waals surface area contributed by atoms with Crippen LogP contribution in [0.3, 0.4) is 0 Å². The molecule has 1 aliphatic rings. The zero-order valence-corrected chi connectivity index (χ0v) is 14.0. The van der Waals surface area contributed by atoms with Gasteiger partial charge in [0, 0.05) is 6.54 Å². The molecule has 3 rings (SSSR count). The lowest BCUT2D eigenvalue weighted by molar-refractivity contribution is -0.137. The van der Waals surface area contributed by atoms with Gasteiger partial charge in [-0.2, -0.15) is 13.2 Å². The largest absolute Gasteiger partial charge is 0.416 e. The molecule has 2 aromatic carbocycles. The maximum Gasteiger partial charge on any atom is 0.416 e. The minimum Gasteiger partial charge on any atom is -0.378 e. The van der Waals surface area contributed by atoms with Crippen LogP contribution in [0.4, 0.5) is 13.2 Å². The summed E-state index contributed by atoms with van der Waals surface area (Å²) in [6.45, 7) is 1.84. The standard InChI is InChI=1S/C19H19F3N2O2/c20-19(21,22)16-6-4-14(5-7-16)15-3-1-2-13(8-15)9-24-18(25)10-23-17-11-26-12-17/h1-8,17,23H,9-12H2,(H,24,25). The number of halogens is 3. The molecule has 0 bridgehead atoms. The Hall–Kier alpha value is -2.38. The lowest BCUT2D eigenvalue weighted by Gasteiger charge is -2.26. The van der Waals surface area contributed by atoms with Gasteiger partial charge in [0.1, 0.15) is 0 Å². The minimum absolute atomic E-state index is 0.114. The lowest BCUT2D eigenvalue weighted by Crippen LogP contribution is -2.49. The summed E-state index contributed by atoms with van der Waals surface area (Å²) in [5.41, 5.74) is 1.70. The van der Waals surface area contributed by atoms with E-state index in [-0.39, 0.29) is 18.5 Å². The van der Waals surface area contributed by atoms with Gasteiger partial charge in [0.15, 0.2) is 0 Å². The molecule has 138 valence electrons. The van der Waals surface area contributed by atoms with Gasteiger partial charge in [0.05, 0.1) is 31.4 Å². The average molecular weight is 364 g/mol. The molecule has 0 unspecified atom stereocenters. The van der Waals surface area contributed by atoms with Gasteiger partial charge in [0.25, 0.3) is 0 Å². The molecule has 1 fully saturated rings. The quantitative estimate of drug-likeness (QED) is 0.829. The van der Waals surface area contributed by atoms with Crippen molar-refractivity contribution in [3.8, 4) is 11.1 Å². The third-order valence-electron chi connectivity index (χ3n) is 4.15. The predicted molar refractivity (Wildman–Crippen MR) is 91.3 cm³/mol. The van der Waals surface area contributed by atoms with Gasteiger partial charge in [0.2, 0.25) is 5.91 Å². The number of nitrogens with one attached hydrogen (secondary N) is 2. The van der Waals surface area contributed by atoms with E-state index in [1.165, 1.54) is 12.1 Å². The summed E-state index contributed by atoms with van der Waals surface area (Å²) in [4.78, 5) is 11.8. The molecule has 1 aliphatic heterocycles. The lowest BCUT2D eigenvalue weighted by atomic mass is 10.0. The first-order chi connectivity index (χ1) is 12.4. The van der Waals surface area contributed by atoms with Gasteiger partial charge in [-0.15, -0.1) is 0 Å². The Bertz CT molecular complexity index is 756. The molecule has 4 nitrogen and oxygen atoms in total. The van der Waals surface area contributed by atoms with E-state index in [0.29, 0.717) is 25.3 Å². The normalized spacial score (nSPS) is 14.7. The molecule has 1 heterocycles. The third kappa shape index (κ3) is 4.83. The molecular formula is C19H19F3N2O2. The number of rotatable bonds is 6. The number of carbonyl (C=O) groups is 1. The van der Waals surface area contributed by atoms with Gasteiger partial charge in [-0.25, -0.2) is 0 Å². The Labute approximate surface area is 149 Å². The molecule has 0 aromatic heterocycles. The van der Waals surface area contributed by atoms with Crippen molar-refractivity contribution in [1.29, 1.82) is 0 Å². The van der Waals surface area contributed by atoms with E-state index in [2.05, 4.69) is 10.6 Å². The fraction of sp³-hybridized carbons (Fsp3) is 0.316. The molecule has 26 heavy (non-hydrogen) atoms. The molecule has 1 saturated heterocycles. The van der Waals surface area contributed by atoms with Gasteiger partial charge in [-0.1, -0.05) is 30.3 Å². The summed E-state index contributed by atoms with van der Waals surface area (Å²) >= 11 is 0. The van der Waals surface area contributed by atoms with Crippen LogP contribution in [0.1, 0.15) is 11.1 Å². The van der Waals surface area contributed by atoms with Crippen LogP contribution >= 0.6 is 0 Å². The van der Waals surface area contributed by atoms with Crippen molar-refractivity contribution in [3.05, 3.63) is 59.7 Å². The van der Waals surface area contributed by atoms with Gasteiger partial charge >= 0.3 is 6.18 Å². The highest BCUT2D eigenvalue weighted by molar-refractivity contribution is 5.78. The van der Waals surface area contributed by atoms with Crippen LogP contribution in [-0.2, 0) is 22.3 Å². The average Bonchev–Trinajstić information content (AvgIpc) is 2.58. The molecule has 0 atom stereocenters. The van der Waals surface area contributed by atoms with Crippen molar-refractivity contribution >= 4 is 5.91 Å². The molecule has 0 saturated carbocycles. The fourth-order valence-corrected chi connectivity index (χ4v) is 2.57. The van der Waals surface area contributed by atoms with E-state index in [1.54, 1.807) is 0 Å². The van der Waals surface area contributed by atoms with E-state index in [1.807, 2.05) is 24.3 Å². The minimum atomic E-state index is -4.34. The number of carbonyl (C=O) groups excluding carboxylic acids is 1. The smallest absolute Gasteiger partial charge is 0.378 e. The number of hydrogen-bond donors (Lipinski definition) is 2. The highest BCUT2D eigenvalue weighted by Gasteiger charge is 2.29. The first kappa shape index (κ1) is 18.4. The van der Waals surface area contributed by atoms with Crippen molar-refractivity contribution in [2.45, 2.75) is 18.8 Å². The SMILES string of the molecule is O=C(CNC1COC1)NCc1cccc(-c2ccc(C(F)(F)F)cc2)c1. The number of alkyl halides is 3. The second-order valence-electron chi connectivity index (χ2n) is 6.17. The Morgan fingerprint density at radius 1 is 1.08 bits per heavy atom. The topological polar surface area (TPSA) is 50.4 Å². The second-order valence-corrected chi connectivity index (χ2v) is 6.17. The third-order valence-corrected chi connectivity index (χ3v) is 4.15. The molecule has 0 radical (unpaired) electrons. The van der Waals surface area contributed by atoms with Crippen LogP contribution in [0.2, 0.25) is 0 Å². The second kappa shape index (κ2) is 7.88. The van der Waals surface area contributed by atoms with Gasteiger partial charge in [-0.3, -0.25) is 4.79 Å². The number of benzene rings is 2. The molecule has 0 spiro atoms. The first-order valence-corrected chi connectivity index (χ1v) is 8.26. The summed E-state index contributed by atoms with van der Waals surface area (Å²) < 4.78 is 43.0. The Balaban J connectivity index is 1.58. The zero-order valence-electron chi connectivity index (χ0n) is 14.0. The summed E-state index contributed by atoms with van der Waals surface area (Å²) in [6, 6.07) is 12.6. The van der Waals surface area contributed by atoms with Crippen LogP contribution < -0.4 is 10.6 Å². The molecular weight excluding hydrogens is 345 g/mol. The number of amides is 1.